The topological polar surface area (TPSA) is 58.4 Å². The van der Waals surface area contributed by atoms with Gasteiger partial charge in [0.25, 0.3) is 0 Å². The molecule has 0 atom stereocenters. The lowest BCUT2D eigenvalue weighted by Gasteiger charge is -2.19. The molecule has 0 spiro atoms. The summed E-state index contributed by atoms with van der Waals surface area (Å²) in [7, 11) is -3.51. The SMILES string of the molecule is CCN(CC)c1nn(Cc2c(Cl)cccc2Cl)c2ccc(S(=O)(=O)N3CCCC3)cc12. The van der Waals surface area contributed by atoms with Crippen molar-refractivity contribution in [2.24, 2.45) is 0 Å². The zero-order valence-electron chi connectivity index (χ0n) is 17.7. The van der Waals surface area contributed by atoms with Crippen molar-refractivity contribution in [1.82, 2.24) is 14.1 Å². The standard InChI is InChI=1S/C22H26Cl2N4O2S/c1-3-26(4-2)22-17-14-16(31(29,30)27-12-5-6-13-27)10-11-21(17)28(25-22)15-18-19(23)8-7-9-20(18)24/h7-11,14H,3-6,12-13,15H2,1-2H3. The second kappa shape index (κ2) is 8.98. The number of hydrogen-bond donors (Lipinski definition) is 0. The largest absolute Gasteiger partial charge is 0.355 e. The molecule has 2 aromatic carbocycles. The Balaban J connectivity index is 1.85. The lowest BCUT2D eigenvalue weighted by Crippen LogP contribution is -2.27. The molecule has 0 radical (unpaired) electrons. The van der Waals surface area contributed by atoms with Crippen LogP contribution in [0.3, 0.4) is 0 Å². The summed E-state index contributed by atoms with van der Waals surface area (Å²) in [5.74, 6) is 0.765. The minimum atomic E-state index is -3.51. The van der Waals surface area contributed by atoms with Crippen molar-refractivity contribution < 1.29 is 8.42 Å². The van der Waals surface area contributed by atoms with Crippen LogP contribution in [0.5, 0.6) is 0 Å². The molecule has 0 bridgehead atoms. The average Bonchev–Trinajstić information content (AvgIpc) is 3.41. The molecule has 9 heteroatoms. The fourth-order valence-corrected chi connectivity index (χ4v) is 6.15. The van der Waals surface area contributed by atoms with Crippen molar-refractivity contribution in [3.63, 3.8) is 0 Å². The quantitative estimate of drug-likeness (QED) is 0.476. The Morgan fingerprint density at radius 2 is 1.68 bits per heavy atom. The third-order valence-corrected chi connectivity index (χ3v) is 8.44. The second-order valence-corrected chi connectivity index (χ2v) is 10.4. The third-order valence-electron chi connectivity index (χ3n) is 5.84. The Bertz CT molecular complexity index is 1180. The van der Waals surface area contributed by atoms with Crippen molar-refractivity contribution in [3.8, 4) is 0 Å². The Hall–Kier alpha value is -1.80. The van der Waals surface area contributed by atoms with Crippen LogP contribution < -0.4 is 4.90 Å². The summed E-state index contributed by atoms with van der Waals surface area (Å²) in [5, 5.41) is 6.81. The van der Waals surface area contributed by atoms with E-state index in [0.29, 0.717) is 34.6 Å². The van der Waals surface area contributed by atoms with Crippen LogP contribution >= 0.6 is 23.2 Å². The molecule has 166 valence electrons. The van der Waals surface area contributed by atoms with E-state index >= 15 is 0 Å². The van der Waals surface area contributed by atoms with E-state index in [1.807, 2.05) is 16.8 Å². The molecule has 0 unspecified atom stereocenters. The highest BCUT2D eigenvalue weighted by Gasteiger charge is 2.28. The van der Waals surface area contributed by atoms with Gasteiger partial charge in [0.1, 0.15) is 0 Å². The van der Waals surface area contributed by atoms with Gasteiger partial charge in [-0.3, -0.25) is 4.68 Å². The van der Waals surface area contributed by atoms with E-state index in [1.165, 1.54) is 0 Å². The molecule has 1 aliphatic rings. The molecular formula is C22H26Cl2N4O2S. The van der Waals surface area contributed by atoms with E-state index < -0.39 is 10.0 Å². The van der Waals surface area contributed by atoms with Crippen LogP contribution in [-0.2, 0) is 16.6 Å². The molecule has 2 heterocycles. The Morgan fingerprint density at radius 3 is 2.29 bits per heavy atom. The normalized spacial score (nSPS) is 15.1. The summed E-state index contributed by atoms with van der Waals surface area (Å²) in [6.45, 7) is 7.20. The Labute approximate surface area is 193 Å². The minimum Gasteiger partial charge on any atom is -0.355 e. The Kier molecular flexibility index (Phi) is 6.49. The van der Waals surface area contributed by atoms with Crippen LogP contribution in [0, 0.1) is 0 Å². The molecule has 1 aromatic heterocycles. The fourth-order valence-electron chi connectivity index (χ4n) is 4.09. The number of aromatic nitrogens is 2. The summed E-state index contributed by atoms with van der Waals surface area (Å²) >= 11 is 12.8. The van der Waals surface area contributed by atoms with Crippen molar-refractivity contribution in [1.29, 1.82) is 0 Å². The van der Waals surface area contributed by atoms with Gasteiger partial charge >= 0.3 is 0 Å². The first-order valence-electron chi connectivity index (χ1n) is 10.5. The molecule has 0 aliphatic carbocycles. The van der Waals surface area contributed by atoms with Crippen LogP contribution in [0.2, 0.25) is 10.0 Å². The van der Waals surface area contributed by atoms with Gasteiger partial charge in [-0.1, -0.05) is 29.3 Å². The number of hydrogen-bond acceptors (Lipinski definition) is 4. The maximum Gasteiger partial charge on any atom is 0.243 e. The summed E-state index contributed by atoms with van der Waals surface area (Å²) in [4.78, 5) is 2.44. The van der Waals surface area contributed by atoms with E-state index in [1.54, 1.807) is 28.6 Å². The first kappa shape index (κ1) is 22.4. The van der Waals surface area contributed by atoms with Crippen LogP contribution in [0.1, 0.15) is 32.3 Å². The van der Waals surface area contributed by atoms with Gasteiger partial charge in [-0.15, -0.1) is 0 Å². The number of anilines is 1. The lowest BCUT2D eigenvalue weighted by atomic mass is 10.2. The second-order valence-electron chi connectivity index (χ2n) is 7.64. The minimum absolute atomic E-state index is 0.311. The van der Waals surface area contributed by atoms with Gasteiger partial charge < -0.3 is 4.90 Å². The van der Waals surface area contributed by atoms with Gasteiger partial charge in [0.2, 0.25) is 10.0 Å². The predicted octanol–water partition coefficient (Wildman–Crippen LogP) is 5.02. The van der Waals surface area contributed by atoms with Crippen molar-refractivity contribution in [3.05, 3.63) is 52.0 Å². The molecule has 1 saturated heterocycles. The molecular weight excluding hydrogens is 455 g/mol. The lowest BCUT2D eigenvalue weighted by molar-refractivity contribution is 0.477. The summed E-state index contributed by atoms with van der Waals surface area (Å²) in [6.07, 6.45) is 1.81. The highest BCUT2D eigenvalue weighted by molar-refractivity contribution is 7.89. The molecule has 1 aliphatic heterocycles. The fraction of sp³-hybridized carbons (Fsp3) is 0.409. The van der Waals surface area contributed by atoms with Crippen molar-refractivity contribution in [2.45, 2.75) is 38.1 Å². The van der Waals surface area contributed by atoms with Gasteiger partial charge in [-0.25, -0.2) is 8.42 Å². The maximum atomic E-state index is 13.1. The van der Waals surface area contributed by atoms with Crippen LogP contribution in [-0.4, -0.2) is 48.7 Å². The number of halogens is 2. The number of rotatable bonds is 7. The van der Waals surface area contributed by atoms with Gasteiger partial charge in [-0.2, -0.15) is 9.40 Å². The summed E-state index contributed by atoms with van der Waals surface area (Å²) in [6, 6.07) is 10.7. The summed E-state index contributed by atoms with van der Waals surface area (Å²) < 4.78 is 29.7. The van der Waals surface area contributed by atoms with Crippen LogP contribution in [0.25, 0.3) is 10.9 Å². The third kappa shape index (κ3) is 4.16. The van der Waals surface area contributed by atoms with Crippen molar-refractivity contribution >= 4 is 49.9 Å². The van der Waals surface area contributed by atoms with Crippen molar-refractivity contribution in [2.75, 3.05) is 31.1 Å². The highest BCUT2D eigenvalue weighted by Crippen LogP contribution is 2.33. The smallest absolute Gasteiger partial charge is 0.243 e. The molecule has 0 saturated carbocycles. The predicted molar refractivity (Wildman–Crippen MR) is 127 cm³/mol. The number of fused-ring (bicyclic) bond motifs is 1. The first-order valence-corrected chi connectivity index (χ1v) is 12.7. The van der Waals surface area contributed by atoms with E-state index in [2.05, 4.69) is 18.7 Å². The highest BCUT2D eigenvalue weighted by atomic mass is 35.5. The molecule has 6 nitrogen and oxygen atoms in total. The monoisotopic (exact) mass is 480 g/mol. The zero-order valence-corrected chi connectivity index (χ0v) is 20.0. The Morgan fingerprint density at radius 1 is 1.03 bits per heavy atom. The zero-order chi connectivity index (χ0) is 22.2. The average molecular weight is 481 g/mol. The van der Waals surface area contributed by atoms with E-state index in [9.17, 15) is 8.42 Å². The van der Waals surface area contributed by atoms with Gasteiger partial charge in [0.05, 0.1) is 17.0 Å². The van der Waals surface area contributed by atoms with E-state index in [-0.39, 0.29) is 0 Å². The van der Waals surface area contributed by atoms with Gasteiger partial charge in [-0.05, 0) is 57.0 Å². The van der Waals surface area contributed by atoms with Crippen LogP contribution in [0.4, 0.5) is 5.82 Å². The molecule has 3 aromatic rings. The molecule has 0 N–H and O–H groups in total. The van der Waals surface area contributed by atoms with Gasteiger partial charge in [0.15, 0.2) is 5.82 Å². The number of nitrogens with zero attached hydrogens (tertiary/aromatic N) is 4. The molecule has 4 rings (SSSR count). The number of benzene rings is 2. The molecule has 1 fully saturated rings. The van der Waals surface area contributed by atoms with E-state index in [4.69, 9.17) is 28.3 Å². The van der Waals surface area contributed by atoms with Gasteiger partial charge in [0, 0.05) is 47.2 Å². The summed E-state index contributed by atoms with van der Waals surface area (Å²) in [5.41, 5.74) is 1.63. The number of sulfonamides is 1. The van der Waals surface area contributed by atoms with E-state index in [0.717, 1.165) is 48.2 Å². The molecule has 31 heavy (non-hydrogen) atoms. The first-order chi connectivity index (χ1) is 14.9. The maximum absolute atomic E-state index is 13.1. The molecule has 0 amide bonds. The van der Waals surface area contributed by atoms with Crippen LogP contribution in [0.15, 0.2) is 41.3 Å².